The number of rotatable bonds is 6. The molecule has 1 saturated heterocycles. The van der Waals surface area contributed by atoms with Gasteiger partial charge in [0.2, 0.25) is 11.8 Å². The van der Waals surface area contributed by atoms with Gasteiger partial charge in [0.15, 0.2) is 0 Å². The molecule has 1 aliphatic rings. The zero-order valence-electron chi connectivity index (χ0n) is 16.5. The van der Waals surface area contributed by atoms with Crippen LogP contribution in [-0.4, -0.2) is 26.8 Å². The Morgan fingerprint density at radius 3 is 2.41 bits per heavy atom. The molecule has 29 heavy (non-hydrogen) atoms. The number of nitrogens with one attached hydrogen (secondary N) is 2. The van der Waals surface area contributed by atoms with Crippen LogP contribution in [0.2, 0.25) is 0 Å². The molecule has 0 atom stereocenters. The molecule has 8 heteroatoms. The highest BCUT2D eigenvalue weighted by Gasteiger charge is 2.21. The molecule has 2 amide bonds. The fraction of sp³-hybridized carbons (Fsp3) is 0.333. The van der Waals surface area contributed by atoms with Crippen molar-refractivity contribution in [1.82, 2.24) is 0 Å². The van der Waals surface area contributed by atoms with Gasteiger partial charge in [-0.1, -0.05) is 19.9 Å². The monoisotopic (exact) mass is 415 g/mol. The predicted molar refractivity (Wildman–Crippen MR) is 113 cm³/mol. The fourth-order valence-electron chi connectivity index (χ4n) is 3.03. The largest absolute Gasteiger partial charge is 0.326 e. The van der Waals surface area contributed by atoms with Crippen molar-refractivity contribution in [3.63, 3.8) is 0 Å². The van der Waals surface area contributed by atoms with E-state index in [0.717, 1.165) is 12.8 Å². The molecular weight excluding hydrogens is 390 g/mol. The average molecular weight is 416 g/mol. The summed E-state index contributed by atoms with van der Waals surface area (Å²) in [6, 6.07) is 12.8. The molecule has 2 aromatic rings. The first kappa shape index (κ1) is 20.9. The molecule has 1 heterocycles. The van der Waals surface area contributed by atoms with Gasteiger partial charge in [-0.2, -0.15) is 0 Å². The van der Waals surface area contributed by atoms with Crippen LogP contribution in [0.5, 0.6) is 0 Å². The number of benzene rings is 2. The van der Waals surface area contributed by atoms with Gasteiger partial charge in [0.1, 0.15) is 0 Å². The van der Waals surface area contributed by atoms with E-state index in [1.165, 1.54) is 12.1 Å². The molecule has 0 radical (unpaired) electrons. The van der Waals surface area contributed by atoms with Crippen LogP contribution in [0.3, 0.4) is 0 Å². The Morgan fingerprint density at radius 1 is 1.03 bits per heavy atom. The third kappa shape index (κ3) is 5.14. The summed E-state index contributed by atoms with van der Waals surface area (Å²) < 4.78 is 28.0. The highest BCUT2D eigenvalue weighted by molar-refractivity contribution is 7.92. The molecule has 0 saturated carbocycles. The summed E-state index contributed by atoms with van der Waals surface area (Å²) in [5.41, 5.74) is 1.60. The Morgan fingerprint density at radius 2 is 1.76 bits per heavy atom. The molecule has 1 aliphatic heterocycles. The first-order valence-electron chi connectivity index (χ1n) is 9.60. The van der Waals surface area contributed by atoms with Gasteiger partial charge in [-0.15, -0.1) is 0 Å². The van der Waals surface area contributed by atoms with Gasteiger partial charge in [-0.05, 0) is 55.3 Å². The van der Waals surface area contributed by atoms with Crippen molar-refractivity contribution >= 4 is 38.9 Å². The van der Waals surface area contributed by atoms with Crippen molar-refractivity contribution in [3.8, 4) is 0 Å². The number of carbonyl (C=O) groups is 2. The molecule has 3 rings (SSSR count). The normalized spacial score (nSPS) is 14.7. The van der Waals surface area contributed by atoms with Crippen LogP contribution < -0.4 is 14.9 Å². The third-order valence-electron chi connectivity index (χ3n) is 4.69. The van der Waals surface area contributed by atoms with E-state index in [2.05, 4.69) is 10.0 Å². The third-order valence-corrected chi connectivity index (χ3v) is 6.09. The van der Waals surface area contributed by atoms with Gasteiger partial charge >= 0.3 is 0 Å². The summed E-state index contributed by atoms with van der Waals surface area (Å²) in [7, 11) is -3.80. The zero-order valence-corrected chi connectivity index (χ0v) is 17.3. The lowest BCUT2D eigenvalue weighted by atomic mass is 10.1. The molecule has 2 aromatic carbocycles. The number of hydrogen-bond donors (Lipinski definition) is 2. The van der Waals surface area contributed by atoms with Crippen LogP contribution in [-0.2, 0) is 19.6 Å². The predicted octanol–water partition coefficient (Wildman–Crippen LogP) is 3.60. The van der Waals surface area contributed by atoms with E-state index in [4.69, 9.17) is 0 Å². The number of piperidine rings is 1. The SMILES string of the molecule is CC(C)C(=O)Nc1ccc(S(=O)(=O)Nc2cccc(N3CCCCC3=O)c2)cc1. The Balaban J connectivity index is 1.75. The van der Waals surface area contributed by atoms with E-state index in [0.29, 0.717) is 30.0 Å². The Labute approximate surface area is 171 Å². The summed E-state index contributed by atoms with van der Waals surface area (Å²) in [6.45, 7) is 4.20. The van der Waals surface area contributed by atoms with Crippen molar-refractivity contribution in [2.24, 2.45) is 5.92 Å². The standard InChI is InChI=1S/C21H25N3O4S/c1-15(2)21(26)22-16-9-11-19(12-10-16)29(27,28)23-17-6-5-7-18(14-17)24-13-4-3-8-20(24)25/h5-7,9-12,14-15,23H,3-4,8,13H2,1-2H3,(H,22,26). The minimum absolute atomic E-state index is 0.0512. The van der Waals surface area contributed by atoms with Gasteiger partial charge in [0.05, 0.1) is 10.6 Å². The van der Waals surface area contributed by atoms with Crippen LogP contribution in [0.1, 0.15) is 33.1 Å². The summed E-state index contributed by atoms with van der Waals surface area (Å²) >= 11 is 0. The number of nitrogens with zero attached hydrogens (tertiary/aromatic N) is 1. The van der Waals surface area contributed by atoms with Gasteiger partial charge in [-0.3, -0.25) is 14.3 Å². The minimum Gasteiger partial charge on any atom is -0.326 e. The summed E-state index contributed by atoms with van der Waals surface area (Å²) in [4.78, 5) is 25.6. The average Bonchev–Trinajstić information content (AvgIpc) is 2.68. The molecule has 0 aliphatic carbocycles. The lowest BCUT2D eigenvalue weighted by Crippen LogP contribution is -2.35. The first-order valence-corrected chi connectivity index (χ1v) is 11.1. The van der Waals surface area contributed by atoms with Crippen LogP contribution >= 0.6 is 0 Å². The molecule has 0 aromatic heterocycles. The number of carbonyl (C=O) groups excluding carboxylic acids is 2. The summed E-state index contributed by atoms with van der Waals surface area (Å²) in [5, 5.41) is 2.73. The van der Waals surface area contributed by atoms with E-state index in [-0.39, 0.29) is 22.6 Å². The van der Waals surface area contributed by atoms with E-state index < -0.39 is 10.0 Å². The minimum atomic E-state index is -3.80. The fourth-order valence-corrected chi connectivity index (χ4v) is 4.08. The Kier molecular flexibility index (Phi) is 6.22. The lowest BCUT2D eigenvalue weighted by molar-refractivity contribution is -0.120. The number of sulfonamides is 1. The maximum Gasteiger partial charge on any atom is 0.261 e. The molecular formula is C21H25N3O4S. The van der Waals surface area contributed by atoms with Crippen molar-refractivity contribution in [2.75, 3.05) is 21.5 Å². The molecule has 154 valence electrons. The van der Waals surface area contributed by atoms with E-state index in [9.17, 15) is 18.0 Å². The smallest absolute Gasteiger partial charge is 0.261 e. The van der Waals surface area contributed by atoms with Crippen LogP contribution in [0.15, 0.2) is 53.4 Å². The number of amides is 2. The van der Waals surface area contributed by atoms with E-state index >= 15 is 0 Å². The van der Waals surface area contributed by atoms with Crippen molar-refractivity contribution in [3.05, 3.63) is 48.5 Å². The van der Waals surface area contributed by atoms with Gasteiger partial charge in [0, 0.05) is 30.3 Å². The second-order valence-corrected chi connectivity index (χ2v) is 9.01. The van der Waals surface area contributed by atoms with Crippen LogP contribution in [0.25, 0.3) is 0 Å². The van der Waals surface area contributed by atoms with Gasteiger partial charge < -0.3 is 10.2 Å². The van der Waals surface area contributed by atoms with Gasteiger partial charge in [-0.25, -0.2) is 8.42 Å². The quantitative estimate of drug-likeness (QED) is 0.753. The first-order chi connectivity index (χ1) is 13.8. The Bertz CT molecular complexity index is 1000. The molecule has 1 fully saturated rings. The topological polar surface area (TPSA) is 95.6 Å². The highest BCUT2D eigenvalue weighted by atomic mass is 32.2. The molecule has 0 unspecified atom stereocenters. The van der Waals surface area contributed by atoms with E-state index in [1.54, 1.807) is 55.1 Å². The van der Waals surface area contributed by atoms with Crippen molar-refractivity contribution in [2.45, 2.75) is 38.0 Å². The maximum atomic E-state index is 12.7. The van der Waals surface area contributed by atoms with Crippen molar-refractivity contribution in [1.29, 1.82) is 0 Å². The Hall–Kier alpha value is -2.87. The molecule has 0 spiro atoms. The lowest BCUT2D eigenvalue weighted by Gasteiger charge is -2.27. The number of hydrogen-bond acceptors (Lipinski definition) is 4. The maximum absolute atomic E-state index is 12.7. The van der Waals surface area contributed by atoms with Crippen LogP contribution in [0, 0.1) is 5.92 Å². The number of anilines is 3. The second-order valence-electron chi connectivity index (χ2n) is 7.33. The summed E-state index contributed by atoms with van der Waals surface area (Å²) in [6.07, 6.45) is 2.33. The van der Waals surface area contributed by atoms with Crippen molar-refractivity contribution < 1.29 is 18.0 Å². The van der Waals surface area contributed by atoms with Gasteiger partial charge in [0.25, 0.3) is 10.0 Å². The molecule has 7 nitrogen and oxygen atoms in total. The summed E-state index contributed by atoms with van der Waals surface area (Å²) in [5.74, 6) is -0.253. The molecule has 2 N–H and O–H groups in total. The highest BCUT2D eigenvalue weighted by Crippen LogP contribution is 2.25. The zero-order chi connectivity index (χ0) is 21.0. The second kappa shape index (κ2) is 8.65. The van der Waals surface area contributed by atoms with Crippen LogP contribution in [0.4, 0.5) is 17.1 Å². The van der Waals surface area contributed by atoms with E-state index in [1.807, 2.05) is 0 Å². The molecule has 0 bridgehead atoms.